The Kier molecular flexibility index (Phi) is 5.94. The number of benzene rings is 2. The maximum Gasteiger partial charge on any atom is 0.251 e. The van der Waals surface area contributed by atoms with E-state index in [1.165, 1.54) is 38.5 Å². The molecule has 0 fully saturated rings. The number of nitrogens with one attached hydrogen (secondary N) is 2. The second-order valence-electron chi connectivity index (χ2n) is 5.26. The van der Waals surface area contributed by atoms with Crippen LogP contribution in [0.1, 0.15) is 15.9 Å². The Balaban J connectivity index is 1.96. The van der Waals surface area contributed by atoms with E-state index in [1.54, 1.807) is 19.1 Å². The van der Waals surface area contributed by atoms with Crippen LogP contribution < -0.4 is 20.1 Å². The fraction of sp³-hybridized carbons (Fsp3) is 0.222. The Morgan fingerprint density at radius 3 is 2.40 bits per heavy atom. The van der Waals surface area contributed by atoms with Crippen molar-refractivity contribution in [1.29, 1.82) is 0 Å². The second-order valence-corrected chi connectivity index (χ2v) is 5.26. The summed E-state index contributed by atoms with van der Waals surface area (Å²) in [7, 11) is 2.97. The molecular formula is C18H19FN2O4. The normalized spacial score (nSPS) is 10.1. The first-order chi connectivity index (χ1) is 11.9. The minimum absolute atomic E-state index is 0.218. The van der Waals surface area contributed by atoms with Crippen LogP contribution in [0.4, 0.5) is 10.1 Å². The molecular weight excluding hydrogens is 327 g/mol. The highest BCUT2D eigenvalue weighted by atomic mass is 19.1. The van der Waals surface area contributed by atoms with E-state index in [0.717, 1.165) is 0 Å². The average molecular weight is 346 g/mol. The quantitative estimate of drug-likeness (QED) is 0.843. The van der Waals surface area contributed by atoms with Crippen molar-refractivity contribution < 1.29 is 23.5 Å². The molecule has 0 saturated heterocycles. The van der Waals surface area contributed by atoms with Crippen molar-refractivity contribution in [1.82, 2.24) is 5.32 Å². The van der Waals surface area contributed by atoms with Crippen LogP contribution in [0.2, 0.25) is 0 Å². The molecule has 0 bridgehead atoms. The van der Waals surface area contributed by atoms with E-state index in [4.69, 9.17) is 9.47 Å². The third-order valence-electron chi connectivity index (χ3n) is 3.52. The summed E-state index contributed by atoms with van der Waals surface area (Å²) in [6.45, 7) is 1.46. The third kappa shape index (κ3) is 4.69. The molecule has 0 aliphatic carbocycles. The van der Waals surface area contributed by atoms with Gasteiger partial charge >= 0.3 is 0 Å². The van der Waals surface area contributed by atoms with Gasteiger partial charge in [0.25, 0.3) is 5.91 Å². The van der Waals surface area contributed by atoms with Crippen molar-refractivity contribution in [2.75, 3.05) is 26.1 Å². The number of anilines is 1. The summed E-state index contributed by atoms with van der Waals surface area (Å²) in [4.78, 5) is 24.1. The van der Waals surface area contributed by atoms with E-state index in [0.29, 0.717) is 28.3 Å². The molecule has 0 heterocycles. The van der Waals surface area contributed by atoms with Gasteiger partial charge < -0.3 is 20.1 Å². The monoisotopic (exact) mass is 346 g/mol. The summed E-state index contributed by atoms with van der Waals surface area (Å²) >= 11 is 0. The molecule has 0 aliphatic heterocycles. The van der Waals surface area contributed by atoms with Gasteiger partial charge in [0.1, 0.15) is 5.82 Å². The van der Waals surface area contributed by atoms with Crippen molar-refractivity contribution >= 4 is 17.5 Å². The molecule has 7 heteroatoms. The lowest BCUT2D eigenvalue weighted by Crippen LogP contribution is -2.33. The SMILES string of the molecule is COc1ccc(C(=O)NCC(=O)Nc2ccc(F)cc2C)cc1OC. The van der Waals surface area contributed by atoms with Crippen LogP contribution in [-0.2, 0) is 4.79 Å². The molecule has 2 amide bonds. The summed E-state index contributed by atoms with van der Waals surface area (Å²) in [5.41, 5.74) is 1.43. The molecule has 2 N–H and O–H groups in total. The minimum Gasteiger partial charge on any atom is -0.493 e. The summed E-state index contributed by atoms with van der Waals surface area (Å²) in [6.07, 6.45) is 0. The van der Waals surface area contributed by atoms with Gasteiger partial charge in [0.2, 0.25) is 5.91 Å². The van der Waals surface area contributed by atoms with Crippen LogP contribution in [-0.4, -0.2) is 32.6 Å². The Morgan fingerprint density at radius 1 is 1.04 bits per heavy atom. The maximum absolute atomic E-state index is 13.1. The topological polar surface area (TPSA) is 76.7 Å². The number of carbonyl (C=O) groups excluding carboxylic acids is 2. The number of hydrogen-bond donors (Lipinski definition) is 2. The van der Waals surface area contributed by atoms with E-state index in [2.05, 4.69) is 10.6 Å². The number of halogens is 1. The fourth-order valence-corrected chi connectivity index (χ4v) is 2.20. The highest BCUT2D eigenvalue weighted by Crippen LogP contribution is 2.27. The number of carbonyl (C=O) groups is 2. The molecule has 6 nitrogen and oxygen atoms in total. The summed E-state index contributed by atoms with van der Waals surface area (Å²) in [5.74, 6) is -0.294. The molecule has 0 unspecified atom stereocenters. The fourth-order valence-electron chi connectivity index (χ4n) is 2.20. The Morgan fingerprint density at radius 2 is 1.76 bits per heavy atom. The van der Waals surface area contributed by atoms with Crippen molar-refractivity contribution in [2.45, 2.75) is 6.92 Å². The number of ether oxygens (including phenoxy) is 2. The Hall–Kier alpha value is -3.09. The first kappa shape index (κ1) is 18.3. The van der Waals surface area contributed by atoms with Gasteiger partial charge in [0.05, 0.1) is 20.8 Å². The molecule has 0 aliphatic rings. The molecule has 0 aromatic heterocycles. The van der Waals surface area contributed by atoms with E-state index in [1.807, 2.05) is 0 Å². The highest BCUT2D eigenvalue weighted by Gasteiger charge is 2.12. The molecule has 0 saturated carbocycles. The number of aryl methyl sites for hydroxylation is 1. The molecule has 0 atom stereocenters. The first-order valence-electron chi connectivity index (χ1n) is 7.51. The van der Waals surface area contributed by atoms with Gasteiger partial charge in [-0.15, -0.1) is 0 Å². The van der Waals surface area contributed by atoms with Crippen LogP contribution in [0.15, 0.2) is 36.4 Å². The van der Waals surface area contributed by atoms with Crippen LogP contribution >= 0.6 is 0 Å². The molecule has 2 aromatic rings. The van der Waals surface area contributed by atoms with Gasteiger partial charge in [0.15, 0.2) is 11.5 Å². The highest BCUT2D eigenvalue weighted by molar-refractivity contribution is 5.99. The van der Waals surface area contributed by atoms with Crippen molar-refractivity contribution in [3.8, 4) is 11.5 Å². The lowest BCUT2D eigenvalue weighted by molar-refractivity contribution is -0.115. The molecule has 2 rings (SSSR count). The zero-order valence-corrected chi connectivity index (χ0v) is 14.2. The summed E-state index contributed by atoms with van der Waals surface area (Å²) in [5, 5.41) is 5.14. The average Bonchev–Trinajstić information content (AvgIpc) is 2.61. The summed E-state index contributed by atoms with van der Waals surface area (Å²) in [6, 6.07) is 8.74. The van der Waals surface area contributed by atoms with E-state index >= 15 is 0 Å². The van der Waals surface area contributed by atoms with Crippen LogP contribution in [0.25, 0.3) is 0 Å². The lowest BCUT2D eigenvalue weighted by Gasteiger charge is -2.11. The molecule has 0 spiro atoms. The van der Waals surface area contributed by atoms with Gasteiger partial charge in [-0.3, -0.25) is 9.59 Å². The van der Waals surface area contributed by atoms with Crippen LogP contribution in [0.5, 0.6) is 11.5 Å². The molecule has 25 heavy (non-hydrogen) atoms. The van der Waals surface area contributed by atoms with E-state index in [-0.39, 0.29) is 12.4 Å². The Labute approximate surface area is 144 Å². The van der Waals surface area contributed by atoms with Gasteiger partial charge in [-0.25, -0.2) is 4.39 Å². The number of hydrogen-bond acceptors (Lipinski definition) is 4. The number of methoxy groups -OCH3 is 2. The number of amides is 2. The zero-order valence-electron chi connectivity index (χ0n) is 14.2. The predicted octanol–water partition coefficient (Wildman–Crippen LogP) is 2.52. The van der Waals surface area contributed by atoms with Gasteiger partial charge in [0, 0.05) is 11.3 Å². The predicted molar refractivity (Wildman–Crippen MR) is 91.6 cm³/mol. The van der Waals surface area contributed by atoms with Crippen LogP contribution in [0.3, 0.4) is 0 Å². The molecule has 2 aromatic carbocycles. The summed E-state index contributed by atoms with van der Waals surface area (Å²) < 4.78 is 23.3. The second kappa shape index (κ2) is 8.14. The largest absolute Gasteiger partial charge is 0.493 e. The molecule has 132 valence electrons. The third-order valence-corrected chi connectivity index (χ3v) is 3.52. The standard InChI is InChI=1S/C18H19FN2O4/c1-11-8-13(19)5-6-14(11)21-17(22)10-20-18(23)12-4-7-15(24-2)16(9-12)25-3/h4-9H,10H2,1-3H3,(H,20,23)(H,21,22). The molecule has 0 radical (unpaired) electrons. The van der Waals surface area contributed by atoms with Crippen molar-refractivity contribution in [2.24, 2.45) is 0 Å². The van der Waals surface area contributed by atoms with Crippen molar-refractivity contribution in [3.63, 3.8) is 0 Å². The smallest absolute Gasteiger partial charge is 0.251 e. The minimum atomic E-state index is -0.424. The van der Waals surface area contributed by atoms with E-state index in [9.17, 15) is 14.0 Å². The Bertz CT molecular complexity index is 793. The van der Waals surface area contributed by atoms with Gasteiger partial charge in [-0.1, -0.05) is 0 Å². The first-order valence-corrected chi connectivity index (χ1v) is 7.51. The zero-order chi connectivity index (χ0) is 18.4. The van der Waals surface area contributed by atoms with E-state index < -0.39 is 11.8 Å². The van der Waals surface area contributed by atoms with Crippen molar-refractivity contribution in [3.05, 3.63) is 53.3 Å². The number of rotatable bonds is 6. The lowest BCUT2D eigenvalue weighted by atomic mass is 10.2. The van der Waals surface area contributed by atoms with Gasteiger partial charge in [-0.2, -0.15) is 0 Å². The maximum atomic E-state index is 13.1. The van der Waals surface area contributed by atoms with Gasteiger partial charge in [-0.05, 0) is 48.9 Å². The van der Waals surface area contributed by atoms with Crippen LogP contribution in [0, 0.1) is 12.7 Å².